The fraction of sp³-hybridized carbons (Fsp3) is 0.231. The maximum atomic E-state index is 4.37. The molecule has 2 rings (SSSR count). The molecule has 1 aromatic carbocycles. The molecule has 0 atom stereocenters. The van der Waals surface area contributed by atoms with E-state index in [0.29, 0.717) is 5.16 Å². The van der Waals surface area contributed by atoms with E-state index in [9.17, 15) is 0 Å². The van der Waals surface area contributed by atoms with Gasteiger partial charge in [0.1, 0.15) is 0 Å². The van der Waals surface area contributed by atoms with Gasteiger partial charge in [-0.05, 0) is 11.7 Å². The van der Waals surface area contributed by atoms with Gasteiger partial charge in [0.05, 0.1) is 0 Å². The Bertz CT molecular complexity index is 522. The van der Waals surface area contributed by atoms with Crippen molar-refractivity contribution in [2.24, 2.45) is 0 Å². The number of rotatable bonds is 3. The van der Waals surface area contributed by atoms with Gasteiger partial charge in [-0.1, -0.05) is 43.2 Å². The van der Waals surface area contributed by atoms with Crippen LogP contribution in [-0.4, -0.2) is 15.2 Å². The van der Waals surface area contributed by atoms with Crippen molar-refractivity contribution in [1.29, 1.82) is 0 Å². The van der Waals surface area contributed by atoms with Crippen molar-refractivity contribution in [2.45, 2.75) is 24.9 Å². The van der Waals surface area contributed by atoms with Crippen LogP contribution in [0.3, 0.4) is 0 Å². The number of benzene rings is 1. The lowest BCUT2D eigenvalue weighted by Crippen LogP contribution is -1.78. The first kappa shape index (κ1) is 11.7. The van der Waals surface area contributed by atoms with Crippen LogP contribution in [-0.2, 0) is 0 Å². The lowest BCUT2D eigenvalue weighted by molar-refractivity contribution is 0.976. The van der Waals surface area contributed by atoms with Crippen LogP contribution in [0.4, 0.5) is 0 Å². The van der Waals surface area contributed by atoms with Crippen molar-refractivity contribution in [3.8, 4) is 22.6 Å². The average molecular weight is 243 g/mol. The second kappa shape index (κ2) is 6.12. The van der Waals surface area contributed by atoms with Crippen LogP contribution in [0.5, 0.6) is 0 Å². The Morgan fingerprint density at radius 3 is 2.88 bits per heavy atom. The molecule has 17 heavy (non-hydrogen) atoms. The Labute approximate surface area is 105 Å². The van der Waals surface area contributed by atoms with Crippen molar-refractivity contribution in [2.75, 3.05) is 0 Å². The van der Waals surface area contributed by atoms with E-state index in [2.05, 4.69) is 33.3 Å². The van der Waals surface area contributed by atoms with E-state index in [1.54, 1.807) is 0 Å². The third-order valence-electron chi connectivity index (χ3n) is 2.10. The Morgan fingerprint density at radius 1 is 1.29 bits per heavy atom. The SMILES string of the molecule is CCCC#CSc1n[nH]c(-c2ccccc2)n1. The highest BCUT2D eigenvalue weighted by molar-refractivity contribution is 8.03. The Kier molecular flexibility index (Phi) is 4.23. The number of unbranched alkanes of at least 4 members (excludes halogenated alkanes) is 1. The molecule has 0 spiro atoms. The third kappa shape index (κ3) is 3.36. The molecule has 1 heterocycles. The van der Waals surface area contributed by atoms with Crippen LogP contribution in [0.2, 0.25) is 0 Å². The molecular formula is C13H13N3S. The summed E-state index contributed by atoms with van der Waals surface area (Å²) in [6.45, 7) is 2.11. The van der Waals surface area contributed by atoms with Gasteiger partial charge in [-0.15, -0.1) is 5.10 Å². The molecule has 0 saturated carbocycles. The monoisotopic (exact) mass is 243 g/mol. The standard InChI is InChI=1S/C13H13N3S/c1-2-3-7-10-17-13-14-12(15-16-13)11-8-5-4-6-9-11/h4-6,8-9H,2-3H2,1H3,(H,14,15,16). The number of thioether (sulfide) groups is 1. The first-order chi connectivity index (χ1) is 8.40. The second-order valence-corrected chi connectivity index (χ2v) is 4.24. The van der Waals surface area contributed by atoms with Crippen molar-refractivity contribution in [3.63, 3.8) is 0 Å². The van der Waals surface area contributed by atoms with Gasteiger partial charge < -0.3 is 0 Å². The van der Waals surface area contributed by atoms with Gasteiger partial charge >= 0.3 is 0 Å². The molecule has 1 N–H and O–H groups in total. The first-order valence-electron chi connectivity index (χ1n) is 5.52. The molecule has 0 unspecified atom stereocenters. The minimum atomic E-state index is 0.674. The zero-order valence-electron chi connectivity index (χ0n) is 9.60. The molecule has 0 aliphatic heterocycles. The van der Waals surface area contributed by atoms with Crippen LogP contribution in [0.1, 0.15) is 19.8 Å². The predicted octanol–water partition coefficient (Wildman–Crippen LogP) is 3.32. The number of hydrogen-bond acceptors (Lipinski definition) is 3. The molecule has 0 saturated heterocycles. The molecule has 0 aliphatic carbocycles. The largest absolute Gasteiger partial charge is 0.258 e. The zero-order valence-corrected chi connectivity index (χ0v) is 10.4. The minimum Gasteiger partial charge on any atom is -0.258 e. The fourth-order valence-corrected chi connectivity index (χ4v) is 1.77. The molecule has 2 aromatic rings. The van der Waals surface area contributed by atoms with Gasteiger partial charge in [-0.3, -0.25) is 5.10 Å². The molecule has 0 amide bonds. The summed E-state index contributed by atoms with van der Waals surface area (Å²) in [7, 11) is 0. The topological polar surface area (TPSA) is 41.6 Å². The maximum Gasteiger partial charge on any atom is 0.221 e. The minimum absolute atomic E-state index is 0.674. The lowest BCUT2D eigenvalue weighted by Gasteiger charge is -1.92. The maximum absolute atomic E-state index is 4.37. The number of aromatic nitrogens is 3. The van der Waals surface area contributed by atoms with Gasteiger partial charge in [0.15, 0.2) is 5.82 Å². The van der Waals surface area contributed by atoms with E-state index < -0.39 is 0 Å². The lowest BCUT2D eigenvalue weighted by atomic mass is 10.2. The summed E-state index contributed by atoms with van der Waals surface area (Å²) in [5.74, 6) is 3.83. The summed E-state index contributed by atoms with van der Waals surface area (Å²) >= 11 is 1.36. The van der Waals surface area contributed by atoms with Gasteiger partial charge in [0.25, 0.3) is 0 Å². The highest BCUT2D eigenvalue weighted by atomic mass is 32.2. The molecule has 4 heteroatoms. The average Bonchev–Trinajstić information content (AvgIpc) is 2.85. The highest BCUT2D eigenvalue weighted by Gasteiger charge is 2.03. The van der Waals surface area contributed by atoms with Crippen molar-refractivity contribution in [1.82, 2.24) is 15.2 Å². The highest BCUT2D eigenvalue weighted by Crippen LogP contribution is 2.17. The normalized spacial score (nSPS) is 9.71. The van der Waals surface area contributed by atoms with Gasteiger partial charge in [0, 0.05) is 23.7 Å². The van der Waals surface area contributed by atoms with Crippen molar-refractivity contribution in [3.05, 3.63) is 30.3 Å². The van der Waals surface area contributed by atoms with E-state index in [1.165, 1.54) is 11.8 Å². The summed E-state index contributed by atoms with van der Waals surface area (Å²) in [6, 6.07) is 9.93. The van der Waals surface area contributed by atoms with Crippen molar-refractivity contribution >= 4 is 11.8 Å². The predicted molar refractivity (Wildman–Crippen MR) is 70.4 cm³/mol. The molecule has 0 bridgehead atoms. The summed E-state index contributed by atoms with van der Waals surface area (Å²) in [5, 5.41) is 10.7. The number of hydrogen-bond donors (Lipinski definition) is 1. The van der Waals surface area contributed by atoms with E-state index in [4.69, 9.17) is 0 Å². The summed E-state index contributed by atoms with van der Waals surface area (Å²) in [5.41, 5.74) is 1.04. The quantitative estimate of drug-likeness (QED) is 0.664. The number of nitrogens with one attached hydrogen (secondary N) is 1. The molecule has 86 valence electrons. The van der Waals surface area contributed by atoms with Crippen molar-refractivity contribution < 1.29 is 0 Å². The van der Waals surface area contributed by atoms with Gasteiger partial charge in [0.2, 0.25) is 5.16 Å². The van der Waals surface area contributed by atoms with Crippen LogP contribution < -0.4 is 0 Å². The summed E-state index contributed by atoms with van der Waals surface area (Å²) in [4.78, 5) is 4.37. The van der Waals surface area contributed by atoms with E-state index in [0.717, 1.165) is 24.2 Å². The first-order valence-corrected chi connectivity index (χ1v) is 6.34. The van der Waals surface area contributed by atoms with E-state index in [1.807, 2.05) is 30.3 Å². The molecule has 0 aliphatic rings. The molecular weight excluding hydrogens is 230 g/mol. The third-order valence-corrected chi connectivity index (χ3v) is 2.71. The summed E-state index contributed by atoms with van der Waals surface area (Å²) < 4.78 is 0. The van der Waals surface area contributed by atoms with Crippen LogP contribution in [0.15, 0.2) is 35.5 Å². The molecule has 0 radical (unpaired) electrons. The van der Waals surface area contributed by atoms with Crippen LogP contribution >= 0.6 is 11.8 Å². The van der Waals surface area contributed by atoms with E-state index >= 15 is 0 Å². The number of H-pyrrole nitrogens is 1. The summed E-state index contributed by atoms with van der Waals surface area (Å²) in [6.07, 6.45) is 2.00. The number of aromatic amines is 1. The second-order valence-electron chi connectivity index (χ2n) is 3.46. The van der Waals surface area contributed by atoms with Gasteiger partial charge in [-0.2, -0.15) is 0 Å². The Hall–Kier alpha value is -1.73. The molecule has 3 nitrogen and oxygen atoms in total. The van der Waals surface area contributed by atoms with Crippen LogP contribution in [0, 0.1) is 11.2 Å². The smallest absolute Gasteiger partial charge is 0.221 e. The Morgan fingerprint density at radius 2 is 2.12 bits per heavy atom. The molecule has 0 fully saturated rings. The zero-order chi connectivity index (χ0) is 11.9. The van der Waals surface area contributed by atoms with Crippen LogP contribution in [0.25, 0.3) is 11.4 Å². The van der Waals surface area contributed by atoms with E-state index in [-0.39, 0.29) is 0 Å². The van der Waals surface area contributed by atoms with Gasteiger partial charge in [-0.25, -0.2) is 4.98 Å². The fourth-order valence-electron chi connectivity index (χ4n) is 1.27. The molecule has 1 aromatic heterocycles. The number of nitrogens with zero attached hydrogens (tertiary/aromatic N) is 2. The Balaban J connectivity index is 2.05.